The summed E-state index contributed by atoms with van der Waals surface area (Å²) >= 11 is 0. The van der Waals surface area contributed by atoms with Crippen LogP contribution in [0, 0.1) is 0 Å². The zero-order chi connectivity index (χ0) is 33.4. The molecule has 6 rings (SSSR count). The molecule has 9 nitrogen and oxygen atoms in total. The van der Waals surface area contributed by atoms with E-state index in [1.807, 2.05) is 35.2 Å². The lowest BCUT2D eigenvalue weighted by atomic mass is 10.1. The van der Waals surface area contributed by atoms with Gasteiger partial charge in [0.15, 0.2) is 14.5 Å². The number of aryl methyl sites for hydroxylation is 1. The highest BCUT2D eigenvalue weighted by Gasteiger charge is 2.66. The molecule has 3 aliphatic heterocycles. The van der Waals surface area contributed by atoms with Crippen LogP contribution in [0.3, 0.4) is 0 Å². The Kier molecular flexibility index (Phi) is 8.25. The fourth-order valence-corrected chi connectivity index (χ4v) is 13.6. The van der Waals surface area contributed by atoms with Gasteiger partial charge in [0.2, 0.25) is 0 Å². The minimum atomic E-state index is -2.80. The standard InChI is InChI=1S/C35H52N4O5Si2/c1-33(2,3)45(10,11)43-28-27-25(21-41-46(44-27,34(4,5)6)35(7,8)9)42-32(28)39-20-24-18-15-19-38(29-26(24)30(39)37-22-36-29)31(40)23-16-13-12-14-17-23/h12-14,16-17,20,22,25,27-28,32H,15,18-19,21H2,1-11H3/t25-,27-,28-,32-/m1/s1. The second kappa shape index (κ2) is 11.3. The molecule has 1 aromatic carbocycles. The van der Waals surface area contributed by atoms with E-state index in [-0.39, 0.29) is 39.3 Å². The minimum Gasteiger partial charge on any atom is -0.407 e. The molecule has 0 radical (unpaired) electrons. The van der Waals surface area contributed by atoms with Gasteiger partial charge < -0.3 is 22.6 Å². The fraction of sp³-hybridized carbons (Fsp3) is 0.629. The molecule has 3 aromatic rings. The predicted molar refractivity (Wildman–Crippen MR) is 186 cm³/mol. The minimum absolute atomic E-state index is 0.0121. The van der Waals surface area contributed by atoms with Crippen molar-refractivity contribution in [2.24, 2.45) is 0 Å². The van der Waals surface area contributed by atoms with Gasteiger partial charge in [0.05, 0.1) is 12.0 Å². The molecule has 4 atom stereocenters. The van der Waals surface area contributed by atoms with Crippen molar-refractivity contribution in [2.75, 3.05) is 18.1 Å². The van der Waals surface area contributed by atoms with Crippen LogP contribution >= 0.6 is 0 Å². The number of carbonyl (C=O) groups is 1. The topological polar surface area (TPSA) is 87.9 Å². The molecule has 3 aliphatic rings. The number of anilines is 1. The Morgan fingerprint density at radius 2 is 1.67 bits per heavy atom. The van der Waals surface area contributed by atoms with Crippen LogP contribution in [-0.2, 0) is 24.4 Å². The van der Waals surface area contributed by atoms with Gasteiger partial charge in [-0.2, -0.15) is 0 Å². The van der Waals surface area contributed by atoms with E-state index >= 15 is 0 Å². The molecule has 0 unspecified atom stereocenters. The average Bonchev–Trinajstić information content (AvgIpc) is 3.44. The Morgan fingerprint density at radius 3 is 2.30 bits per heavy atom. The van der Waals surface area contributed by atoms with Crippen molar-refractivity contribution in [3.05, 3.63) is 54.0 Å². The van der Waals surface area contributed by atoms with Crippen molar-refractivity contribution >= 4 is 39.6 Å². The Hall–Kier alpha value is -2.42. The maximum absolute atomic E-state index is 13.8. The molecule has 0 bridgehead atoms. The zero-order valence-corrected chi connectivity index (χ0v) is 31.5. The second-order valence-electron chi connectivity index (χ2n) is 16.8. The molecule has 0 spiro atoms. The number of hydrogen-bond donors (Lipinski definition) is 0. The van der Waals surface area contributed by atoms with Gasteiger partial charge in [-0.05, 0) is 48.7 Å². The lowest BCUT2D eigenvalue weighted by Gasteiger charge is -2.54. The van der Waals surface area contributed by atoms with Crippen molar-refractivity contribution < 1.29 is 22.8 Å². The Bertz CT molecular complexity index is 1590. The number of hydrogen-bond acceptors (Lipinski definition) is 7. The largest absolute Gasteiger partial charge is 0.407 e. The van der Waals surface area contributed by atoms with Crippen LogP contribution in [-0.4, -0.2) is 68.8 Å². The molecule has 0 N–H and O–H groups in total. The average molecular weight is 665 g/mol. The molecule has 5 heterocycles. The maximum atomic E-state index is 13.8. The summed E-state index contributed by atoms with van der Waals surface area (Å²) in [4.78, 5) is 25.1. The van der Waals surface area contributed by atoms with E-state index in [4.69, 9.17) is 28.0 Å². The van der Waals surface area contributed by atoms with Crippen LogP contribution in [0.4, 0.5) is 5.82 Å². The molecular weight excluding hydrogens is 613 g/mol. The van der Waals surface area contributed by atoms with Gasteiger partial charge in [0.1, 0.15) is 36.1 Å². The second-order valence-corrected chi connectivity index (χ2v) is 26.3. The van der Waals surface area contributed by atoms with Crippen molar-refractivity contribution in [3.8, 4) is 0 Å². The number of benzene rings is 1. The molecule has 46 heavy (non-hydrogen) atoms. The molecule has 2 fully saturated rings. The van der Waals surface area contributed by atoms with Crippen molar-refractivity contribution in [1.82, 2.24) is 14.5 Å². The normalized spacial score (nSPS) is 25.4. The summed E-state index contributed by atoms with van der Waals surface area (Å²) in [5.41, 5.74) is 2.51. The first-order valence-corrected chi connectivity index (χ1v) is 21.5. The molecular formula is C35H52N4O5Si2. The first-order valence-electron chi connectivity index (χ1n) is 16.7. The van der Waals surface area contributed by atoms with E-state index in [1.165, 1.54) is 0 Å². The molecule has 250 valence electrons. The summed E-state index contributed by atoms with van der Waals surface area (Å²) in [5, 5.41) is 0.551. The molecule has 0 aliphatic carbocycles. The summed E-state index contributed by atoms with van der Waals surface area (Å²) in [7, 11) is -5.09. The Balaban J connectivity index is 1.46. The lowest BCUT2D eigenvalue weighted by Crippen LogP contribution is -2.66. The number of ether oxygens (including phenoxy) is 1. The quantitative estimate of drug-likeness (QED) is 0.263. The van der Waals surface area contributed by atoms with Gasteiger partial charge in [0, 0.05) is 28.4 Å². The van der Waals surface area contributed by atoms with Crippen molar-refractivity contribution in [1.29, 1.82) is 0 Å². The summed E-state index contributed by atoms with van der Waals surface area (Å²) in [6.45, 7) is 25.9. The van der Waals surface area contributed by atoms with Crippen LogP contribution in [0.15, 0.2) is 42.9 Å². The smallest absolute Gasteiger partial charge is 0.349 e. The summed E-state index contributed by atoms with van der Waals surface area (Å²) in [5.74, 6) is 0.591. The van der Waals surface area contributed by atoms with Crippen molar-refractivity contribution in [3.63, 3.8) is 0 Å². The summed E-state index contributed by atoms with van der Waals surface area (Å²) < 4.78 is 30.6. The monoisotopic (exact) mass is 664 g/mol. The van der Waals surface area contributed by atoms with Crippen LogP contribution in [0.25, 0.3) is 11.0 Å². The van der Waals surface area contributed by atoms with Crippen LogP contribution in [0.2, 0.25) is 28.2 Å². The summed E-state index contributed by atoms with van der Waals surface area (Å²) in [6, 6.07) is 9.42. The maximum Gasteiger partial charge on any atom is 0.349 e. The number of amides is 1. The van der Waals surface area contributed by atoms with E-state index in [0.717, 1.165) is 29.4 Å². The number of aromatic nitrogens is 3. The van der Waals surface area contributed by atoms with E-state index in [9.17, 15) is 4.79 Å². The molecule has 2 saturated heterocycles. The first-order chi connectivity index (χ1) is 21.4. The zero-order valence-electron chi connectivity index (χ0n) is 29.5. The molecule has 0 saturated carbocycles. The van der Waals surface area contributed by atoms with Gasteiger partial charge in [0.25, 0.3) is 5.91 Å². The highest BCUT2D eigenvalue weighted by atomic mass is 28.4. The molecule has 1 amide bonds. The highest BCUT2D eigenvalue weighted by Crippen LogP contribution is 2.57. The lowest BCUT2D eigenvalue weighted by molar-refractivity contribution is -0.0794. The SMILES string of the molecule is CC(C)(C)[Si](C)(C)O[C@@H]1[C@@H]2O[Si](C(C)(C)C)(C(C)(C)C)OC[C@H]2O[C@H]1n1cc2c3c(ncnc31)N(C(=O)c1ccccc1)CCC2. The van der Waals surface area contributed by atoms with Gasteiger partial charge in [-0.25, -0.2) is 9.97 Å². The van der Waals surface area contributed by atoms with E-state index in [0.29, 0.717) is 24.5 Å². The third-order valence-corrected chi connectivity index (χ3v) is 20.1. The summed E-state index contributed by atoms with van der Waals surface area (Å²) in [6.07, 6.45) is 3.93. The predicted octanol–water partition coefficient (Wildman–Crippen LogP) is 7.77. The van der Waals surface area contributed by atoms with Crippen LogP contribution < -0.4 is 4.90 Å². The number of nitrogens with zero attached hydrogens (tertiary/aromatic N) is 4. The van der Waals surface area contributed by atoms with E-state index < -0.39 is 23.1 Å². The van der Waals surface area contributed by atoms with Crippen LogP contribution in [0.1, 0.15) is 90.9 Å². The number of fused-ring (bicyclic) bond motifs is 1. The third kappa shape index (κ3) is 5.40. The van der Waals surface area contributed by atoms with Gasteiger partial charge in [-0.3, -0.25) is 9.69 Å². The Labute approximate surface area is 276 Å². The fourth-order valence-electron chi connectivity index (χ4n) is 7.39. The van der Waals surface area contributed by atoms with Crippen molar-refractivity contribution in [2.45, 2.75) is 128 Å². The highest BCUT2D eigenvalue weighted by molar-refractivity contribution is 6.74. The first kappa shape index (κ1) is 33.5. The van der Waals surface area contributed by atoms with Crippen LogP contribution in [0.5, 0.6) is 0 Å². The number of carbonyl (C=O) groups excluding carboxylic acids is 1. The van der Waals surface area contributed by atoms with Gasteiger partial charge >= 0.3 is 8.56 Å². The van der Waals surface area contributed by atoms with E-state index in [2.05, 4.69) is 86.2 Å². The van der Waals surface area contributed by atoms with E-state index in [1.54, 1.807) is 6.33 Å². The number of rotatable bonds is 4. The third-order valence-electron chi connectivity index (χ3n) is 10.5. The Morgan fingerprint density at radius 1 is 1.00 bits per heavy atom. The molecule has 2 aromatic heterocycles. The van der Waals surface area contributed by atoms with Gasteiger partial charge in [-0.1, -0.05) is 80.5 Å². The molecule has 11 heteroatoms. The van der Waals surface area contributed by atoms with Gasteiger partial charge in [-0.15, -0.1) is 0 Å².